The van der Waals surface area contributed by atoms with Crippen molar-refractivity contribution in [2.75, 3.05) is 24.5 Å². The topological polar surface area (TPSA) is 37.4 Å². The lowest BCUT2D eigenvalue weighted by Crippen LogP contribution is -2.52. The summed E-state index contributed by atoms with van der Waals surface area (Å²) in [5, 5.41) is 3.33. The SMILES string of the molecule is CCCNCc1cc(F)cnc1N1CC(C)OC(C)(C)C1. The molecule has 1 atom stereocenters. The van der Waals surface area contributed by atoms with Crippen LogP contribution in [0.5, 0.6) is 0 Å². The Morgan fingerprint density at radius 2 is 2.29 bits per heavy atom. The van der Waals surface area contributed by atoms with Gasteiger partial charge in [0.05, 0.1) is 17.9 Å². The zero-order valence-electron chi connectivity index (χ0n) is 13.4. The van der Waals surface area contributed by atoms with Crippen LogP contribution in [0.2, 0.25) is 0 Å². The lowest BCUT2D eigenvalue weighted by atomic mass is 10.0. The van der Waals surface area contributed by atoms with E-state index in [1.54, 1.807) is 6.07 Å². The van der Waals surface area contributed by atoms with Gasteiger partial charge in [-0.2, -0.15) is 0 Å². The summed E-state index contributed by atoms with van der Waals surface area (Å²) < 4.78 is 19.4. The van der Waals surface area contributed by atoms with Crippen molar-refractivity contribution in [1.29, 1.82) is 0 Å². The standard InChI is InChI=1S/C16H26FN3O/c1-5-6-18-8-13-7-14(17)9-19-15(13)20-10-12(2)21-16(3,4)11-20/h7,9,12,18H,5-6,8,10-11H2,1-4H3. The molecular formula is C16H26FN3O. The van der Waals surface area contributed by atoms with Crippen LogP contribution >= 0.6 is 0 Å². The van der Waals surface area contributed by atoms with Crippen LogP contribution in [0.25, 0.3) is 0 Å². The third kappa shape index (κ3) is 4.38. The van der Waals surface area contributed by atoms with Crippen molar-refractivity contribution in [2.45, 2.75) is 52.4 Å². The Bertz CT molecular complexity index is 479. The van der Waals surface area contributed by atoms with Crippen molar-refractivity contribution >= 4 is 5.82 Å². The third-order valence-corrected chi connectivity index (χ3v) is 3.52. The maximum Gasteiger partial charge on any atom is 0.141 e. The number of ether oxygens (including phenoxy) is 1. The molecule has 1 aliphatic rings. The van der Waals surface area contributed by atoms with Gasteiger partial charge >= 0.3 is 0 Å². The second kappa shape index (κ2) is 6.71. The average molecular weight is 295 g/mol. The summed E-state index contributed by atoms with van der Waals surface area (Å²) in [5.41, 5.74) is 0.690. The summed E-state index contributed by atoms with van der Waals surface area (Å²) in [4.78, 5) is 6.54. The summed E-state index contributed by atoms with van der Waals surface area (Å²) in [6.45, 7) is 11.4. The lowest BCUT2D eigenvalue weighted by Gasteiger charge is -2.42. The molecule has 4 nitrogen and oxygen atoms in total. The van der Waals surface area contributed by atoms with Gasteiger partial charge in [0.25, 0.3) is 0 Å². The molecule has 118 valence electrons. The van der Waals surface area contributed by atoms with Gasteiger partial charge in [0, 0.05) is 25.2 Å². The van der Waals surface area contributed by atoms with E-state index in [2.05, 4.69) is 42.9 Å². The first-order valence-corrected chi connectivity index (χ1v) is 7.69. The lowest BCUT2D eigenvalue weighted by molar-refractivity contribution is -0.0752. The van der Waals surface area contributed by atoms with Gasteiger partial charge in [0.15, 0.2) is 0 Å². The number of aromatic nitrogens is 1. The molecule has 0 amide bonds. The van der Waals surface area contributed by atoms with Crippen molar-refractivity contribution < 1.29 is 9.13 Å². The number of nitrogens with one attached hydrogen (secondary N) is 1. The molecule has 0 spiro atoms. The first kappa shape index (κ1) is 16.2. The van der Waals surface area contributed by atoms with Crippen LogP contribution in [0.1, 0.15) is 39.7 Å². The van der Waals surface area contributed by atoms with Crippen molar-refractivity contribution in [2.24, 2.45) is 0 Å². The third-order valence-electron chi connectivity index (χ3n) is 3.52. The number of morpholine rings is 1. The fraction of sp³-hybridized carbons (Fsp3) is 0.688. The molecule has 5 heteroatoms. The number of hydrogen-bond donors (Lipinski definition) is 1. The molecule has 1 N–H and O–H groups in total. The number of halogens is 1. The van der Waals surface area contributed by atoms with Gasteiger partial charge in [-0.3, -0.25) is 0 Å². The van der Waals surface area contributed by atoms with Crippen LogP contribution in [0.4, 0.5) is 10.2 Å². The van der Waals surface area contributed by atoms with E-state index in [1.165, 1.54) is 6.20 Å². The van der Waals surface area contributed by atoms with E-state index < -0.39 is 0 Å². The maximum atomic E-state index is 13.5. The summed E-state index contributed by atoms with van der Waals surface area (Å²) >= 11 is 0. The van der Waals surface area contributed by atoms with E-state index in [0.717, 1.165) is 37.4 Å². The summed E-state index contributed by atoms with van der Waals surface area (Å²) in [5.74, 6) is 0.579. The van der Waals surface area contributed by atoms with Crippen molar-refractivity contribution in [3.05, 3.63) is 23.6 Å². The number of pyridine rings is 1. The first-order valence-electron chi connectivity index (χ1n) is 7.69. The molecule has 0 aromatic carbocycles. The van der Waals surface area contributed by atoms with Gasteiger partial charge in [-0.15, -0.1) is 0 Å². The van der Waals surface area contributed by atoms with Gasteiger partial charge in [0.1, 0.15) is 11.6 Å². The number of anilines is 1. The van der Waals surface area contributed by atoms with Crippen LogP contribution in [0.15, 0.2) is 12.3 Å². The fourth-order valence-electron chi connectivity index (χ4n) is 2.90. The van der Waals surface area contributed by atoms with E-state index in [9.17, 15) is 4.39 Å². The van der Waals surface area contributed by atoms with E-state index in [0.29, 0.717) is 6.54 Å². The highest BCUT2D eigenvalue weighted by Gasteiger charge is 2.32. The summed E-state index contributed by atoms with van der Waals surface area (Å²) in [6, 6.07) is 1.58. The Morgan fingerprint density at radius 1 is 1.52 bits per heavy atom. The highest BCUT2D eigenvalue weighted by atomic mass is 19.1. The van der Waals surface area contributed by atoms with Crippen LogP contribution in [-0.2, 0) is 11.3 Å². The number of hydrogen-bond acceptors (Lipinski definition) is 4. The van der Waals surface area contributed by atoms with Crippen LogP contribution in [-0.4, -0.2) is 36.3 Å². The predicted molar refractivity (Wildman–Crippen MR) is 83.0 cm³/mol. The molecule has 1 unspecified atom stereocenters. The van der Waals surface area contributed by atoms with Crippen LogP contribution in [0, 0.1) is 5.82 Å². The predicted octanol–water partition coefficient (Wildman–Crippen LogP) is 2.72. The molecule has 1 aromatic rings. The summed E-state index contributed by atoms with van der Waals surface area (Å²) in [7, 11) is 0. The Labute approximate surface area is 126 Å². The molecule has 0 aliphatic carbocycles. The first-order chi connectivity index (χ1) is 9.91. The number of nitrogens with zero attached hydrogens (tertiary/aromatic N) is 2. The minimum absolute atomic E-state index is 0.136. The van der Waals surface area contributed by atoms with Gasteiger partial charge in [0.2, 0.25) is 0 Å². The molecule has 2 rings (SSSR count). The average Bonchev–Trinajstić information content (AvgIpc) is 2.36. The van der Waals surface area contributed by atoms with Crippen molar-refractivity contribution in [3.63, 3.8) is 0 Å². The largest absolute Gasteiger partial charge is 0.369 e. The Hall–Kier alpha value is -1.20. The second-order valence-electron chi connectivity index (χ2n) is 6.38. The zero-order valence-corrected chi connectivity index (χ0v) is 13.4. The van der Waals surface area contributed by atoms with E-state index in [1.807, 2.05) is 0 Å². The monoisotopic (exact) mass is 295 g/mol. The van der Waals surface area contributed by atoms with Gasteiger partial charge in [-0.05, 0) is 39.8 Å². The van der Waals surface area contributed by atoms with E-state index >= 15 is 0 Å². The van der Waals surface area contributed by atoms with Crippen LogP contribution in [0.3, 0.4) is 0 Å². The van der Waals surface area contributed by atoms with Crippen LogP contribution < -0.4 is 10.2 Å². The van der Waals surface area contributed by atoms with Gasteiger partial charge in [-0.25, -0.2) is 9.37 Å². The minimum atomic E-state index is -0.285. The molecule has 0 bridgehead atoms. The second-order valence-corrected chi connectivity index (χ2v) is 6.38. The Balaban J connectivity index is 2.21. The molecule has 0 saturated carbocycles. The van der Waals surface area contributed by atoms with E-state index in [4.69, 9.17) is 4.74 Å². The highest BCUT2D eigenvalue weighted by Crippen LogP contribution is 2.27. The number of rotatable bonds is 5. The highest BCUT2D eigenvalue weighted by molar-refractivity contribution is 5.48. The molecule has 1 saturated heterocycles. The quantitative estimate of drug-likeness (QED) is 0.848. The van der Waals surface area contributed by atoms with E-state index in [-0.39, 0.29) is 17.5 Å². The molecule has 21 heavy (non-hydrogen) atoms. The fourth-order valence-corrected chi connectivity index (χ4v) is 2.90. The zero-order chi connectivity index (χ0) is 15.5. The maximum absolute atomic E-state index is 13.5. The van der Waals surface area contributed by atoms with Crippen molar-refractivity contribution in [1.82, 2.24) is 10.3 Å². The molecular weight excluding hydrogens is 269 g/mol. The molecule has 0 radical (unpaired) electrons. The molecule has 1 aromatic heterocycles. The Morgan fingerprint density at radius 3 is 2.95 bits per heavy atom. The Kier molecular flexibility index (Phi) is 5.17. The molecule has 2 heterocycles. The summed E-state index contributed by atoms with van der Waals surface area (Å²) in [6.07, 6.45) is 2.49. The van der Waals surface area contributed by atoms with Crippen molar-refractivity contribution in [3.8, 4) is 0 Å². The molecule has 1 fully saturated rings. The normalized spacial score (nSPS) is 21.6. The van der Waals surface area contributed by atoms with Gasteiger partial charge in [-0.1, -0.05) is 6.92 Å². The smallest absolute Gasteiger partial charge is 0.141 e. The minimum Gasteiger partial charge on any atom is -0.369 e. The van der Waals surface area contributed by atoms with Gasteiger partial charge < -0.3 is 15.0 Å². The molecule has 1 aliphatic heterocycles.